The highest BCUT2D eigenvalue weighted by Crippen LogP contribution is 2.41. The highest BCUT2D eigenvalue weighted by molar-refractivity contribution is 7.13. The van der Waals surface area contributed by atoms with E-state index in [4.69, 9.17) is 38.2 Å². The van der Waals surface area contributed by atoms with Crippen LogP contribution in [0, 0.1) is 0 Å². The summed E-state index contributed by atoms with van der Waals surface area (Å²) < 4.78 is 10.3. The molecule has 0 radical (unpaired) electrons. The third kappa shape index (κ3) is 2.60. The first-order chi connectivity index (χ1) is 10.1. The zero-order valence-corrected chi connectivity index (χ0v) is 13.2. The SMILES string of the molecule is COc1csc(-c2noc(N)c2-c2ccc(Cl)c(Cl)c2)c1. The quantitative estimate of drug-likeness (QED) is 0.731. The van der Waals surface area contributed by atoms with E-state index in [1.54, 1.807) is 19.2 Å². The van der Waals surface area contributed by atoms with Crippen LogP contribution in [0.1, 0.15) is 0 Å². The van der Waals surface area contributed by atoms with Gasteiger partial charge < -0.3 is 15.0 Å². The Hall–Kier alpha value is -1.69. The second-order valence-corrected chi connectivity index (χ2v) is 5.98. The van der Waals surface area contributed by atoms with Crippen molar-refractivity contribution in [3.8, 4) is 27.4 Å². The summed E-state index contributed by atoms with van der Waals surface area (Å²) >= 11 is 13.5. The van der Waals surface area contributed by atoms with E-state index >= 15 is 0 Å². The Morgan fingerprint density at radius 2 is 2.05 bits per heavy atom. The Kier molecular flexibility index (Phi) is 3.80. The molecule has 4 nitrogen and oxygen atoms in total. The van der Waals surface area contributed by atoms with Crippen molar-refractivity contribution in [3.05, 3.63) is 39.7 Å². The molecule has 0 unspecified atom stereocenters. The molecule has 108 valence electrons. The van der Waals surface area contributed by atoms with Crippen LogP contribution < -0.4 is 10.5 Å². The lowest BCUT2D eigenvalue weighted by molar-refractivity contribution is 0.416. The molecule has 1 aromatic carbocycles. The van der Waals surface area contributed by atoms with Crippen LogP contribution >= 0.6 is 34.5 Å². The van der Waals surface area contributed by atoms with E-state index in [-0.39, 0.29) is 5.88 Å². The van der Waals surface area contributed by atoms with Gasteiger partial charge in [-0.3, -0.25) is 0 Å². The van der Waals surface area contributed by atoms with Crippen molar-refractivity contribution in [2.75, 3.05) is 12.8 Å². The van der Waals surface area contributed by atoms with Gasteiger partial charge in [-0.1, -0.05) is 34.4 Å². The summed E-state index contributed by atoms with van der Waals surface area (Å²) in [6, 6.07) is 7.15. The molecule has 0 aliphatic heterocycles. The number of anilines is 1. The molecule has 2 heterocycles. The maximum atomic E-state index is 6.07. The van der Waals surface area contributed by atoms with Crippen LogP contribution in [0.4, 0.5) is 5.88 Å². The predicted octanol–water partition coefficient (Wildman–Crippen LogP) is 4.97. The maximum Gasteiger partial charge on any atom is 0.230 e. The summed E-state index contributed by atoms with van der Waals surface area (Å²) in [5.41, 5.74) is 8.05. The van der Waals surface area contributed by atoms with Crippen LogP contribution in [0.3, 0.4) is 0 Å². The van der Waals surface area contributed by atoms with Gasteiger partial charge in [0.1, 0.15) is 11.4 Å². The summed E-state index contributed by atoms with van der Waals surface area (Å²) in [7, 11) is 1.61. The van der Waals surface area contributed by atoms with Gasteiger partial charge in [0.05, 0.1) is 27.6 Å². The number of ether oxygens (including phenoxy) is 1. The Morgan fingerprint density at radius 1 is 1.24 bits per heavy atom. The van der Waals surface area contributed by atoms with Gasteiger partial charge in [0.25, 0.3) is 0 Å². The summed E-state index contributed by atoms with van der Waals surface area (Å²) in [4.78, 5) is 0.897. The van der Waals surface area contributed by atoms with Crippen molar-refractivity contribution in [1.29, 1.82) is 0 Å². The number of nitrogen functional groups attached to an aromatic ring is 1. The first kappa shape index (κ1) is 14.3. The Balaban J connectivity index is 2.14. The summed E-state index contributed by atoms with van der Waals surface area (Å²) in [5, 5.41) is 6.86. The average molecular weight is 341 g/mol. The molecule has 2 aromatic heterocycles. The molecule has 0 saturated heterocycles. The van der Waals surface area contributed by atoms with Gasteiger partial charge >= 0.3 is 0 Å². The van der Waals surface area contributed by atoms with Gasteiger partial charge in [-0.25, -0.2) is 0 Å². The maximum absolute atomic E-state index is 6.07. The molecule has 0 spiro atoms. The van der Waals surface area contributed by atoms with Crippen LogP contribution in [0.25, 0.3) is 21.7 Å². The Labute approximate surface area is 135 Å². The second kappa shape index (κ2) is 5.60. The van der Waals surface area contributed by atoms with Gasteiger partial charge in [0, 0.05) is 11.4 Å². The minimum absolute atomic E-state index is 0.232. The van der Waals surface area contributed by atoms with Gasteiger partial charge in [0.15, 0.2) is 0 Å². The number of hydrogen-bond donors (Lipinski definition) is 1. The lowest BCUT2D eigenvalue weighted by atomic mass is 10.0. The number of aromatic nitrogens is 1. The number of nitrogens with zero attached hydrogens (tertiary/aromatic N) is 1. The smallest absolute Gasteiger partial charge is 0.230 e. The predicted molar refractivity (Wildman–Crippen MR) is 86.2 cm³/mol. The van der Waals surface area contributed by atoms with Crippen molar-refractivity contribution < 1.29 is 9.26 Å². The Bertz CT molecular complexity index is 798. The van der Waals surface area contributed by atoms with Crippen LogP contribution in [0.15, 0.2) is 34.2 Å². The molecule has 3 rings (SSSR count). The van der Waals surface area contributed by atoms with Crippen LogP contribution in [-0.4, -0.2) is 12.3 Å². The monoisotopic (exact) mass is 340 g/mol. The van der Waals surface area contributed by atoms with Crippen molar-refractivity contribution in [3.63, 3.8) is 0 Å². The van der Waals surface area contributed by atoms with Crippen molar-refractivity contribution in [2.45, 2.75) is 0 Å². The topological polar surface area (TPSA) is 61.3 Å². The normalized spacial score (nSPS) is 10.8. The minimum Gasteiger partial charge on any atom is -0.496 e. The van der Waals surface area contributed by atoms with E-state index in [9.17, 15) is 0 Å². The highest BCUT2D eigenvalue weighted by Gasteiger charge is 2.19. The lowest BCUT2D eigenvalue weighted by Gasteiger charge is -2.03. The second-order valence-electron chi connectivity index (χ2n) is 4.25. The lowest BCUT2D eigenvalue weighted by Crippen LogP contribution is -1.87. The highest BCUT2D eigenvalue weighted by atomic mass is 35.5. The summed E-state index contributed by atoms with van der Waals surface area (Å²) in [5.74, 6) is 0.993. The fraction of sp³-hybridized carbons (Fsp3) is 0.0714. The fourth-order valence-corrected chi connectivity index (χ4v) is 3.09. The number of halogens is 2. The van der Waals surface area contributed by atoms with E-state index in [1.165, 1.54) is 11.3 Å². The largest absolute Gasteiger partial charge is 0.496 e. The Morgan fingerprint density at radius 3 is 2.71 bits per heavy atom. The molecule has 3 aromatic rings. The van der Waals surface area contributed by atoms with Crippen LogP contribution in [0.2, 0.25) is 10.0 Å². The zero-order chi connectivity index (χ0) is 15.0. The van der Waals surface area contributed by atoms with Crippen LogP contribution in [0.5, 0.6) is 5.75 Å². The average Bonchev–Trinajstić information content (AvgIpc) is 3.08. The first-order valence-electron chi connectivity index (χ1n) is 5.93. The summed E-state index contributed by atoms with van der Waals surface area (Å²) in [6.45, 7) is 0. The van der Waals surface area contributed by atoms with Gasteiger partial charge in [-0.15, -0.1) is 11.3 Å². The van der Waals surface area contributed by atoms with Crippen molar-refractivity contribution in [1.82, 2.24) is 5.16 Å². The number of rotatable bonds is 3. The molecule has 7 heteroatoms. The molecule has 0 saturated carbocycles. The zero-order valence-electron chi connectivity index (χ0n) is 10.9. The first-order valence-corrected chi connectivity index (χ1v) is 7.57. The molecule has 0 amide bonds. The molecule has 0 bridgehead atoms. The van der Waals surface area contributed by atoms with Gasteiger partial charge in [-0.2, -0.15) is 0 Å². The number of thiophene rings is 1. The molecule has 0 fully saturated rings. The molecule has 0 atom stereocenters. The number of methoxy groups -OCH3 is 1. The van der Waals surface area contributed by atoms with E-state index in [0.717, 1.165) is 16.2 Å². The number of hydrogen-bond acceptors (Lipinski definition) is 5. The summed E-state index contributed by atoms with van der Waals surface area (Å²) in [6.07, 6.45) is 0. The number of nitrogens with two attached hydrogens (primary N) is 1. The van der Waals surface area contributed by atoms with E-state index in [2.05, 4.69) is 5.16 Å². The molecule has 0 aliphatic carbocycles. The van der Waals surface area contributed by atoms with E-state index < -0.39 is 0 Å². The molecular formula is C14H10Cl2N2O2S. The van der Waals surface area contributed by atoms with Gasteiger partial charge in [0.2, 0.25) is 5.88 Å². The number of benzene rings is 1. The molecule has 21 heavy (non-hydrogen) atoms. The standard InChI is InChI=1S/C14H10Cl2N2O2S/c1-19-8-5-11(21-6-8)13-12(14(17)20-18-13)7-2-3-9(15)10(16)4-7/h2-6H,17H2,1H3. The fourth-order valence-electron chi connectivity index (χ4n) is 1.95. The molecule has 2 N–H and O–H groups in total. The minimum atomic E-state index is 0.232. The van der Waals surface area contributed by atoms with E-state index in [1.807, 2.05) is 17.5 Å². The van der Waals surface area contributed by atoms with Crippen LogP contribution in [-0.2, 0) is 0 Å². The molecular weight excluding hydrogens is 331 g/mol. The van der Waals surface area contributed by atoms with E-state index in [0.29, 0.717) is 21.3 Å². The molecule has 0 aliphatic rings. The van der Waals surface area contributed by atoms with Crippen molar-refractivity contribution in [2.24, 2.45) is 0 Å². The van der Waals surface area contributed by atoms with Crippen molar-refractivity contribution >= 4 is 40.4 Å². The third-order valence-electron chi connectivity index (χ3n) is 2.97. The third-order valence-corrected chi connectivity index (χ3v) is 4.63. The van der Waals surface area contributed by atoms with Gasteiger partial charge in [-0.05, 0) is 17.7 Å².